The fourth-order valence-corrected chi connectivity index (χ4v) is 1.98. The van der Waals surface area contributed by atoms with Gasteiger partial charge >= 0.3 is 0 Å². The van der Waals surface area contributed by atoms with Crippen molar-refractivity contribution in [1.29, 1.82) is 5.26 Å². The van der Waals surface area contributed by atoms with Crippen molar-refractivity contribution in [3.8, 4) is 11.8 Å². The first-order chi connectivity index (χ1) is 8.72. The summed E-state index contributed by atoms with van der Waals surface area (Å²) in [5, 5.41) is 21.2. The molecule has 0 unspecified atom stereocenters. The van der Waals surface area contributed by atoms with E-state index >= 15 is 0 Å². The van der Waals surface area contributed by atoms with Gasteiger partial charge in [-0.1, -0.05) is 17.4 Å². The van der Waals surface area contributed by atoms with Crippen LogP contribution in [0.15, 0.2) is 18.2 Å². The molecule has 18 heavy (non-hydrogen) atoms. The van der Waals surface area contributed by atoms with Crippen molar-refractivity contribution in [3.63, 3.8) is 0 Å². The van der Waals surface area contributed by atoms with E-state index in [0.29, 0.717) is 17.9 Å². The number of aromatic nitrogens is 2. The van der Waals surface area contributed by atoms with E-state index in [9.17, 15) is 0 Å². The molecule has 0 atom stereocenters. The Balaban J connectivity index is 2.08. The highest BCUT2D eigenvalue weighted by Gasteiger charge is 2.06. The van der Waals surface area contributed by atoms with E-state index in [0.717, 1.165) is 15.7 Å². The van der Waals surface area contributed by atoms with Crippen molar-refractivity contribution < 1.29 is 4.74 Å². The second kappa shape index (κ2) is 5.47. The minimum Gasteiger partial charge on any atom is -0.486 e. The van der Waals surface area contributed by atoms with Gasteiger partial charge in [-0.25, -0.2) is 0 Å². The van der Waals surface area contributed by atoms with Crippen LogP contribution in [0.4, 0.5) is 5.13 Å². The standard InChI is InChI=1S/C12H12N4OS/c1-8-3-4-9(6-13)5-10(8)17-7-11-15-16-12(14-2)18-11/h3-5H,7H2,1-2H3,(H,14,16). The number of aryl methyl sites for hydroxylation is 1. The Bertz CT molecular complexity index is 588. The molecular weight excluding hydrogens is 248 g/mol. The van der Waals surface area contributed by atoms with Crippen molar-refractivity contribution in [2.45, 2.75) is 13.5 Å². The first-order valence-corrected chi connectivity index (χ1v) is 6.18. The number of rotatable bonds is 4. The normalized spacial score (nSPS) is 9.83. The molecule has 0 bridgehead atoms. The zero-order chi connectivity index (χ0) is 13.0. The Labute approximate surface area is 109 Å². The van der Waals surface area contributed by atoms with Gasteiger partial charge in [0.1, 0.15) is 12.4 Å². The molecule has 1 aromatic heterocycles. The number of hydrogen-bond acceptors (Lipinski definition) is 6. The fourth-order valence-electron chi connectivity index (χ4n) is 1.38. The minimum absolute atomic E-state index is 0.356. The van der Waals surface area contributed by atoms with Gasteiger partial charge in [-0.15, -0.1) is 10.2 Å². The average molecular weight is 260 g/mol. The highest BCUT2D eigenvalue weighted by atomic mass is 32.1. The van der Waals surface area contributed by atoms with E-state index in [1.165, 1.54) is 11.3 Å². The average Bonchev–Trinajstić information content (AvgIpc) is 2.86. The molecule has 0 amide bonds. The summed E-state index contributed by atoms with van der Waals surface area (Å²) < 4.78 is 5.65. The number of hydrogen-bond donors (Lipinski definition) is 1. The van der Waals surface area contributed by atoms with E-state index in [2.05, 4.69) is 21.6 Å². The smallest absolute Gasteiger partial charge is 0.205 e. The maximum atomic E-state index is 8.84. The summed E-state index contributed by atoms with van der Waals surface area (Å²) in [6.07, 6.45) is 0. The molecule has 2 aromatic rings. The first kappa shape index (κ1) is 12.3. The number of anilines is 1. The van der Waals surface area contributed by atoms with Crippen molar-refractivity contribution in [2.24, 2.45) is 0 Å². The van der Waals surface area contributed by atoms with Crippen molar-refractivity contribution in [3.05, 3.63) is 34.3 Å². The molecule has 6 heteroatoms. The van der Waals surface area contributed by atoms with Gasteiger partial charge in [0.25, 0.3) is 0 Å². The Hall–Kier alpha value is -2.13. The molecule has 0 fully saturated rings. The number of nitrogens with one attached hydrogen (secondary N) is 1. The molecule has 0 aliphatic carbocycles. The second-order valence-electron chi connectivity index (χ2n) is 3.63. The van der Waals surface area contributed by atoms with Crippen LogP contribution in [0.25, 0.3) is 0 Å². The highest BCUT2D eigenvalue weighted by molar-refractivity contribution is 7.15. The van der Waals surface area contributed by atoms with Gasteiger partial charge in [0, 0.05) is 7.05 Å². The van der Waals surface area contributed by atoms with Crippen LogP contribution >= 0.6 is 11.3 Å². The quantitative estimate of drug-likeness (QED) is 0.913. The van der Waals surface area contributed by atoms with Gasteiger partial charge in [0.2, 0.25) is 5.13 Å². The van der Waals surface area contributed by atoms with Crippen LogP contribution < -0.4 is 10.1 Å². The predicted molar refractivity (Wildman–Crippen MR) is 69.7 cm³/mol. The summed E-state index contributed by atoms with van der Waals surface area (Å²) in [6, 6.07) is 7.46. The van der Waals surface area contributed by atoms with Crippen molar-refractivity contribution >= 4 is 16.5 Å². The summed E-state index contributed by atoms with van der Waals surface area (Å²) in [5.41, 5.74) is 1.58. The van der Waals surface area contributed by atoms with Crippen LogP contribution in [0.1, 0.15) is 16.1 Å². The Morgan fingerprint density at radius 3 is 2.94 bits per heavy atom. The van der Waals surface area contributed by atoms with Crippen molar-refractivity contribution in [2.75, 3.05) is 12.4 Å². The summed E-state index contributed by atoms with van der Waals surface area (Å²) in [5.74, 6) is 0.704. The molecule has 0 saturated heterocycles. The van der Waals surface area contributed by atoms with E-state index in [1.54, 1.807) is 19.2 Å². The van der Waals surface area contributed by atoms with Crippen molar-refractivity contribution in [1.82, 2.24) is 10.2 Å². The Kier molecular flexibility index (Phi) is 3.75. The topological polar surface area (TPSA) is 70.8 Å². The van der Waals surface area contributed by atoms with Gasteiger partial charge < -0.3 is 10.1 Å². The molecule has 2 rings (SSSR count). The van der Waals surface area contributed by atoms with Crippen LogP contribution in [-0.4, -0.2) is 17.2 Å². The monoisotopic (exact) mass is 260 g/mol. The number of ether oxygens (including phenoxy) is 1. The third kappa shape index (κ3) is 2.76. The summed E-state index contributed by atoms with van der Waals surface area (Å²) in [6.45, 7) is 2.30. The zero-order valence-corrected chi connectivity index (χ0v) is 10.9. The van der Waals surface area contributed by atoms with Gasteiger partial charge in [-0.2, -0.15) is 5.26 Å². The summed E-state index contributed by atoms with van der Waals surface area (Å²) in [4.78, 5) is 0. The minimum atomic E-state index is 0.356. The van der Waals surface area contributed by atoms with Gasteiger partial charge in [0.05, 0.1) is 11.6 Å². The second-order valence-corrected chi connectivity index (χ2v) is 4.69. The van der Waals surface area contributed by atoms with E-state index in [-0.39, 0.29) is 0 Å². The lowest BCUT2D eigenvalue weighted by molar-refractivity contribution is 0.302. The Morgan fingerprint density at radius 1 is 1.44 bits per heavy atom. The predicted octanol–water partition coefficient (Wildman–Crippen LogP) is 2.34. The van der Waals surface area contributed by atoms with Gasteiger partial charge in [-0.05, 0) is 24.6 Å². The number of benzene rings is 1. The molecule has 1 N–H and O–H groups in total. The van der Waals surface area contributed by atoms with Crippen LogP contribution in [-0.2, 0) is 6.61 Å². The largest absolute Gasteiger partial charge is 0.486 e. The third-order valence-corrected chi connectivity index (χ3v) is 3.26. The maximum absolute atomic E-state index is 8.84. The van der Waals surface area contributed by atoms with Crippen LogP contribution in [0.5, 0.6) is 5.75 Å². The van der Waals surface area contributed by atoms with Crippen LogP contribution in [0.3, 0.4) is 0 Å². The highest BCUT2D eigenvalue weighted by Crippen LogP contribution is 2.22. The third-order valence-electron chi connectivity index (χ3n) is 2.35. The van der Waals surface area contributed by atoms with E-state index in [4.69, 9.17) is 10.00 Å². The van der Waals surface area contributed by atoms with Crippen LogP contribution in [0, 0.1) is 18.3 Å². The van der Waals surface area contributed by atoms with Gasteiger partial charge in [-0.3, -0.25) is 0 Å². The lowest BCUT2D eigenvalue weighted by Gasteiger charge is -2.07. The SMILES string of the molecule is CNc1nnc(COc2cc(C#N)ccc2C)s1. The molecule has 0 radical (unpaired) electrons. The lowest BCUT2D eigenvalue weighted by Crippen LogP contribution is -1.97. The van der Waals surface area contributed by atoms with E-state index in [1.807, 2.05) is 13.0 Å². The molecule has 92 valence electrons. The molecule has 1 heterocycles. The molecule has 0 spiro atoms. The van der Waals surface area contributed by atoms with E-state index < -0.39 is 0 Å². The zero-order valence-electron chi connectivity index (χ0n) is 10.1. The van der Waals surface area contributed by atoms with Gasteiger partial charge in [0.15, 0.2) is 5.01 Å². The Morgan fingerprint density at radius 2 is 2.28 bits per heavy atom. The summed E-state index contributed by atoms with van der Waals surface area (Å²) >= 11 is 1.44. The molecule has 0 aliphatic heterocycles. The lowest BCUT2D eigenvalue weighted by atomic mass is 10.1. The maximum Gasteiger partial charge on any atom is 0.205 e. The summed E-state index contributed by atoms with van der Waals surface area (Å²) in [7, 11) is 1.80. The number of nitrogens with zero attached hydrogens (tertiary/aromatic N) is 3. The first-order valence-electron chi connectivity index (χ1n) is 5.36. The molecule has 0 saturated carbocycles. The number of nitriles is 1. The molecule has 0 aliphatic rings. The fraction of sp³-hybridized carbons (Fsp3) is 0.250. The van der Waals surface area contributed by atoms with Crippen LogP contribution in [0.2, 0.25) is 0 Å². The molecule has 1 aromatic carbocycles. The molecule has 5 nitrogen and oxygen atoms in total. The molecular formula is C12H12N4OS.